The Balaban J connectivity index is 1.09. The monoisotopic (exact) mass is 1390 g/mol. The summed E-state index contributed by atoms with van der Waals surface area (Å²) in [4.78, 5) is 165. The predicted octanol–water partition coefficient (Wildman–Crippen LogP) is -0.602. The van der Waals surface area contributed by atoms with Crippen LogP contribution in [0.25, 0.3) is 21.5 Å². The molecule has 31 nitrogen and oxygen atoms in total. The average molecular weight is 1390 g/mol. The van der Waals surface area contributed by atoms with Crippen molar-refractivity contribution in [3.05, 3.63) is 120 Å². The van der Waals surface area contributed by atoms with Crippen molar-refractivity contribution in [2.45, 2.75) is 155 Å². The summed E-state index contributed by atoms with van der Waals surface area (Å²) in [6, 6.07) is 13.4. The highest BCUT2D eigenvalue weighted by Gasteiger charge is 2.46. The van der Waals surface area contributed by atoms with E-state index in [1.807, 2.05) is 100 Å². The molecule has 9 rings (SSSR count). The van der Waals surface area contributed by atoms with Gasteiger partial charge in [-0.1, -0.05) is 137 Å². The molecule has 0 spiro atoms. The lowest BCUT2D eigenvalue weighted by atomic mass is 9.85. The van der Waals surface area contributed by atoms with E-state index in [1.54, 1.807) is 53.9 Å². The van der Waals surface area contributed by atoms with Crippen LogP contribution in [0.15, 0.2) is 97.3 Å². The van der Waals surface area contributed by atoms with Crippen LogP contribution in [0.4, 0.5) is 0 Å². The topological polar surface area (TPSA) is 399 Å². The number of fused-ring (bicyclic) bond motifs is 10. The van der Waals surface area contributed by atoms with E-state index in [9.17, 15) is 43.8 Å². The van der Waals surface area contributed by atoms with Crippen molar-refractivity contribution in [3.63, 3.8) is 0 Å². The first-order valence-electron chi connectivity index (χ1n) is 33.8. The number of carbonyl (C=O) groups excluding carboxylic acids is 9. The Morgan fingerprint density at radius 2 is 0.960 bits per heavy atom. The van der Waals surface area contributed by atoms with Crippen LogP contribution in [-0.2, 0) is 91.5 Å². The summed E-state index contributed by atoms with van der Waals surface area (Å²) in [6.07, 6.45) is 1.29. The number of carbonyl (C=O) groups is 11. The standard InChI is InChI=1S/C70H92N18O13/c1-40(71-9)33-73-58(69(3,4)5)65(96)87-25-23-83-36-54(87)63(94)74-50(29-42-19-21-44-15-11-13-17-46(44)27-42)61(92)76-52(67(98)99)31-49-35-86(82-80-49)39-57(90)84-24-26-88(66(97)59(70(6,7)8)78-60(91)41(2)72-10)55(37-84)64(95)75-51(30-43-20-22-45-16-12-14-18-47(45)28-43)62(93)77-53(68(100)101)32-48-34-85(81-79-48)38-56(83)89/h11-22,27-28,34-35,40-41,50-55,58-59,71-73H,23-26,29-33,36-39H2,1-10H3,(H,74,94)(H,75,95)(H,76,92)(H,77,93)(H,78,91)(H,98,99)(H,100,101). The molecule has 4 aromatic carbocycles. The molecule has 8 bridgehead atoms. The van der Waals surface area contributed by atoms with Crippen LogP contribution in [-0.4, -0.2) is 245 Å². The predicted molar refractivity (Wildman–Crippen MR) is 370 cm³/mol. The van der Waals surface area contributed by atoms with Gasteiger partial charge in [-0.2, -0.15) is 0 Å². The second-order valence-electron chi connectivity index (χ2n) is 28.4. The fourth-order valence-electron chi connectivity index (χ4n) is 12.6. The van der Waals surface area contributed by atoms with E-state index < -0.39 is 163 Å². The molecule has 3 aliphatic rings. The molecule has 3 aliphatic heterocycles. The van der Waals surface area contributed by atoms with E-state index in [-0.39, 0.29) is 63.0 Å². The lowest BCUT2D eigenvalue weighted by molar-refractivity contribution is -0.153. The van der Waals surface area contributed by atoms with Crippen LogP contribution in [0.1, 0.15) is 77.9 Å². The molecule has 2 fully saturated rings. The van der Waals surface area contributed by atoms with Crippen molar-refractivity contribution in [1.29, 1.82) is 0 Å². The number of amides is 9. The van der Waals surface area contributed by atoms with Crippen molar-refractivity contribution in [3.8, 4) is 0 Å². The highest BCUT2D eigenvalue weighted by atomic mass is 16.4. The first kappa shape index (κ1) is 74.9. The van der Waals surface area contributed by atoms with Gasteiger partial charge in [-0.25, -0.2) is 19.0 Å². The number of likely N-dealkylation sites (N-methyl/N-ethyl adjacent to an activating group) is 2. The SMILES string of the molecule is CNC(C)CNC(C(=O)N1CCN2CC1C(=O)NC(Cc1ccc3ccccc3c1)C(=O)NC(C(=O)O)Cc1cn(nn1)CC(=O)N1CCN(C(=O)C(NC(=O)C(C)NC)C(C)(C)C)C(C1)C(=O)NC(Cc1ccc3ccccc3c1)C(=O)NC(C(=O)O)Cc1cn(nn1)CC2=O)C(C)(C)C. The Morgan fingerprint density at radius 3 is 1.36 bits per heavy atom. The van der Waals surface area contributed by atoms with Gasteiger partial charge in [0.2, 0.25) is 53.2 Å². The molecule has 31 heteroatoms. The minimum atomic E-state index is -1.71. The zero-order valence-corrected chi connectivity index (χ0v) is 58.6. The summed E-state index contributed by atoms with van der Waals surface area (Å²) >= 11 is 0. The lowest BCUT2D eigenvalue weighted by Crippen LogP contribution is -2.67. The number of rotatable bonds is 15. The maximum absolute atomic E-state index is 15.3. The number of piperazine rings is 2. The molecular weight excluding hydrogens is 1300 g/mol. The van der Waals surface area contributed by atoms with E-state index >= 15 is 19.2 Å². The highest BCUT2D eigenvalue weighted by Crippen LogP contribution is 2.27. The summed E-state index contributed by atoms with van der Waals surface area (Å²) in [5.41, 5.74) is -0.491. The quantitative estimate of drug-likeness (QED) is 0.0613. The van der Waals surface area contributed by atoms with Gasteiger partial charge >= 0.3 is 11.9 Å². The van der Waals surface area contributed by atoms with Crippen LogP contribution in [0.3, 0.4) is 0 Å². The Bertz CT molecular complexity index is 4070. The van der Waals surface area contributed by atoms with Crippen molar-refractivity contribution >= 4 is 86.6 Å². The number of nitrogens with zero attached hydrogens (tertiary/aromatic N) is 10. The second kappa shape index (κ2) is 32.4. The van der Waals surface area contributed by atoms with Crippen LogP contribution in [0.2, 0.25) is 0 Å². The third-order valence-electron chi connectivity index (χ3n) is 18.7. The fraction of sp³-hybridized carbons (Fsp3) is 0.500. The van der Waals surface area contributed by atoms with Gasteiger partial charge in [0.15, 0.2) is 0 Å². The van der Waals surface area contributed by atoms with E-state index in [0.717, 1.165) is 30.9 Å². The molecule has 101 heavy (non-hydrogen) atoms. The number of carboxylic acids is 2. The number of nitrogens with one attached hydrogen (secondary N) is 8. The smallest absolute Gasteiger partial charge is 0.326 e. The molecule has 5 heterocycles. The Morgan fingerprint density at radius 1 is 0.545 bits per heavy atom. The molecule has 10 N–H and O–H groups in total. The van der Waals surface area contributed by atoms with Gasteiger partial charge in [0.05, 0.1) is 36.6 Å². The van der Waals surface area contributed by atoms with Crippen molar-refractivity contribution in [2.24, 2.45) is 10.8 Å². The fourth-order valence-corrected chi connectivity index (χ4v) is 12.6. The molecule has 2 saturated heterocycles. The lowest BCUT2D eigenvalue weighted by Gasteiger charge is -2.44. The Kier molecular flexibility index (Phi) is 24.0. The van der Waals surface area contributed by atoms with Gasteiger partial charge in [0.25, 0.3) is 0 Å². The Hall–Kier alpha value is -10.3. The number of hydrogen-bond donors (Lipinski definition) is 10. The summed E-state index contributed by atoms with van der Waals surface area (Å²) < 4.78 is 2.29. The van der Waals surface area contributed by atoms with Gasteiger partial charge in [0, 0.05) is 76.8 Å². The van der Waals surface area contributed by atoms with E-state index in [1.165, 1.54) is 32.0 Å². The molecule has 0 saturated carbocycles. The van der Waals surface area contributed by atoms with Crippen molar-refractivity contribution < 1.29 is 63.0 Å². The minimum absolute atomic E-state index is 0.0195. The van der Waals surface area contributed by atoms with Crippen LogP contribution < -0.4 is 42.5 Å². The molecule has 10 atom stereocenters. The van der Waals surface area contributed by atoms with Gasteiger partial charge in [-0.3, -0.25) is 43.2 Å². The number of carboxylic acid groups (broad SMARTS) is 2. The molecule has 540 valence electrons. The maximum Gasteiger partial charge on any atom is 0.326 e. The van der Waals surface area contributed by atoms with Crippen LogP contribution >= 0.6 is 0 Å². The van der Waals surface area contributed by atoms with Crippen molar-refractivity contribution in [2.75, 3.05) is 59.9 Å². The zero-order valence-electron chi connectivity index (χ0n) is 58.6. The zero-order chi connectivity index (χ0) is 73.2. The molecule has 10 unspecified atom stereocenters. The number of hydrogen-bond acceptors (Lipinski definition) is 18. The first-order chi connectivity index (χ1) is 47.9. The number of aromatic nitrogens is 6. The molecular formula is C70H92N18O13. The van der Waals surface area contributed by atoms with Crippen LogP contribution in [0.5, 0.6) is 0 Å². The van der Waals surface area contributed by atoms with E-state index in [2.05, 4.69) is 63.2 Å². The Labute approximate surface area is 584 Å². The summed E-state index contributed by atoms with van der Waals surface area (Å²) in [5, 5.41) is 64.4. The maximum atomic E-state index is 15.3. The van der Waals surface area contributed by atoms with Gasteiger partial charge in [-0.05, 0) is 71.4 Å². The van der Waals surface area contributed by atoms with E-state index in [0.29, 0.717) is 17.7 Å². The molecule has 0 radical (unpaired) electrons. The summed E-state index contributed by atoms with van der Waals surface area (Å²) in [5.74, 6) is -9.49. The highest BCUT2D eigenvalue weighted by molar-refractivity contribution is 5.98. The molecule has 6 aromatic rings. The number of aliphatic carboxylic acids is 2. The second-order valence-corrected chi connectivity index (χ2v) is 28.4. The summed E-state index contributed by atoms with van der Waals surface area (Å²) in [7, 11) is 3.36. The van der Waals surface area contributed by atoms with Gasteiger partial charge in [-0.15, -0.1) is 10.2 Å². The first-order valence-corrected chi connectivity index (χ1v) is 33.8. The van der Waals surface area contributed by atoms with Crippen molar-refractivity contribution in [1.82, 2.24) is 92.1 Å². The molecule has 9 amide bonds. The average Bonchev–Trinajstić information content (AvgIpc) is 0.963. The normalized spacial score (nSPS) is 21.7. The minimum Gasteiger partial charge on any atom is -0.480 e. The van der Waals surface area contributed by atoms with Gasteiger partial charge in [0.1, 0.15) is 55.4 Å². The molecule has 0 aliphatic carbocycles. The van der Waals surface area contributed by atoms with E-state index in [4.69, 9.17) is 0 Å². The van der Waals surface area contributed by atoms with Crippen LogP contribution in [0, 0.1) is 10.8 Å². The number of benzene rings is 4. The van der Waals surface area contributed by atoms with Gasteiger partial charge < -0.3 is 72.3 Å². The third kappa shape index (κ3) is 19.0. The third-order valence-corrected chi connectivity index (χ3v) is 18.7. The largest absolute Gasteiger partial charge is 0.480 e. The molecule has 2 aromatic heterocycles. The summed E-state index contributed by atoms with van der Waals surface area (Å²) in [6.45, 7) is 12.2.